The molecule has 2 N–H and O–H groups in total. The monoisotopic (exact) mass is 284 g/mol. The molecule has 0 amide bonds. The second kappa shape index (κ2) is 5.85. The van der Waals surface area contributed by atoms with Gasteiger partial charge >= 0.3 is 0 Å². The smallest absolute Gasteiger partial charge is 0.260 e. The average molecular weight is 284 g/mol. The van der Waals surface area contributed by atoms with Crippen LogP contribution in [0, 0.1) is 0 Å². The Hall–Kier alpha value is -1.18. The summed E-state index contributed by atoms with van der Waals surface area (Å²) in [5, 5.41) is 9.83. The first-order valence-electron chi connectivity index (χ1n) is 6.44. The number of hydrogen-bond donors (Lipinski definition) is 2. The van der Waals surface area contributed by atoms with Gasteiger partial charge in [-0.3, -0.25) is 5.10 Å². The molecule has 1 aromatic rings. The number of nitrogens with one attached hydrogen (secondary N) is 2. The fourth-order valence-electron chi connectivity index (χ4n) is 2.12. The fraction of sp³-hybridized carbons (Fsp3) is 0.583. The van der Waals surface area contributed by atoms with Crippen LogP contribution in [0.5, 0.6) is 0 Å². The van der Waals surface area contributed by atoms with Gasteiger partial charge in [0.05, 0.1) is 6.20 Å². The van der Waals surface area contributed by atoms with Gasteiger partial charge in [-0.25, -0.2) is 8.42 Å². The van der Waals surface area contributed by atoms with Crippen molar-refractivity contribution in [1.82, 2.24) is 19.8 Å². The molecule has 6 nitrogen and oxygen atoms in total. The van der Waals surface area contributed by atoms with Crippen molar-refractivity contribution in [3.63, 3.8) is 0 Å². The number of aromatic amines is 1. The molecule has 0 aromatic carbocycles. The number of hydrogen-bond acceptors (Lipinski definition) is 4. The summed E-state index contributed by atoms with van der Waals surface area (Å²) >= 11 is 0. The first-order valence-corrected chi connectivity index (χ1v) is 7.88. The van der Waals surface area contributed by atoms with Gasteiger partial charge in [0.1, 0.15) is 0 Å². The summed E-state index contributed by atoms with van der Waals surface area (Å²) in [6.07, 6.45) is 4.42. The molecule has 2 heterocycles. The van der Waals surface area contributed by atoms with E-state index < -0.39 is 10.0 Å². The molecule has 1 aromatic heterocycles. The topological polar surface area (TPSA) is 78.1 Å². The molecule has 106 valence electrons. The zero-order chi connectivity index (χ0) is 13.9. The quantitative estimate of drug-likeness (QED) is 0.786. The molecule has 0 fully saturated rings. The third kappa shape index (κ3) is 3.05. The van der Waals surface area contributed by atoms with E-state index in [-0.39, 0.29) is 5.03 Å². The molecule has 0 spiro atoms. The van der Waals surface area contributed by atoms with Gasteiger partial charge in [-0.1, -0.05) is 18.6 Å². The lowest BCUT2D eigenvalue weighted by atomic mass is 10.2. The van der Waals surface area contributed by atoms with Crippen molar-refractivity contribution in [3.8, 4) is 0 Å². The standard InChI is InChI=1S/C12H20N4O2S/c1-3-13-7-11-8-14-15-12(11)19(17,18)16-6-4-5-10(2)9-16/h5,8,13H,3-4,6-7,9H2,1-2H3,(H,14,15). The van der Waals surface area contributed by atoms with Crippen LogP contribution in [-0.2, 0) is 16.6 Å². The third-order valence-corrected chi connectivity index (χ3v) is 5.00. The lowest BCUT2D eigenvalue weighted by molar-refractivity contribution is 0.424. The summed E-state index contributed by atoms with van der Waals surface area (Å²) in [6, 6.07) is 0. The first-order chi connectivity index (χ1) is 9.05. The summed E-state index contributed by atoms with van der Waals surface area (Å²) in [5.41, 5.74) is 1.77. The summed E-state index contributed by atoms with van der Waals surface area (Å²) in [7, 11) is -3.48. The molecular weight excluding hydrogens is 264 g/mol. The lowest BCUT2D eigenvalue weighted by Gasteiger charge is -2.25. The maximum Gasteiger partial charge on any atom is 0.260 e. The van der Waals surface area contributed by atoms with Gasteiger partial charge in [0.15, 0.2) is 5.03 Å². The number of rotatable bonds is 5. The Morgan fingerprint density at radius 2 is 2.32 bits per heavy atom. The molecule has 0 bridgehead atoms. The summed E-state index contributed by atoms with van der Waals surface area (Å²) in [5.74, 6) is 0. The van der Waals surface area contributed by atoms with Crippen LogP contribution in [0.2, 0.25) is 0 Å². The molecule has 0 radical (unpaired) electrons. The van der Waals surface area contributed by atoms with E-state index in [2.05, 4.69) is 21.6 Å². The van der Waals surface area contributed by atoms with E-state index in [1.54, 1.807) is 6.20 Å². The predicted octanol–water partition coefficient (Wildman–Crippen LogP) is 0.860. The van der Waals surface area contributed by atoms with Crippen molar-refractivity contribution in [2.45, 2.75) is 31.8 Å². The Morgan fingerprint density at radius 1 is 1.53 bits per heavy atom. The van der Waals surface area contributed by atoms with Gasteiger partial charge in [0.2, 0.25) is 0 Å². The number of nitrogens with zero attached hydrogens (tertiary/aromatic N) is 2. The molecule has 7 heteroatoms. The number of sulfonamides is 1. The highest BCUT2D eigenvalue weighted by Gasteiger charge is 2.29. The van der Waals surface area contributed by atoms with E-state index in [4.69, 9.17) is 0 Å². The Bertz CT molecular complexity index is 562. The van der Waals surface area contributed by atoms with Crippen molar-refractivity contribution in [2.24, 2.45) is 0 Å². The van der Waals surface area contributed by atoms with E-state index >= 15 is 0 Å². The van der Waals surface area contributed by atoms with Gasteiger partial charge in [0, 0.05) is 25.2 Å². The Labute approximate surface area is 113 Å². The zero-order valence-electron chi connectivity index (χ0n) is 11.3. The van der Waals surface area contributed by atoms with Crippen LogP contribution in [0.1, 0.15) is 25.8 Å². The minimum Gasteiger partial charge on any atom is -0.313 e. The van der Waals surface area contributed by atoms with Crippen LogP contribution in [0.25, 0.3) is 0 Å². The van der Waals surface area contributed by atoms with Crippen LogP contribution in [0.15, 0.2) is 22.9 Å². The molecular formula is C12H20N4O2S. The molecule has 1 aliphatic heterocycles. The highest BCUT2D eigenvalue weighted by Crippen LogP contribution is 2.21. The number of H-pyrrole nitrogens is 1. The Kier molecular flexibility index (Phi) is 4.38. The van der Waals surface area contributed by atoms with Crippen molar-refractivity contribution in [3.05, 3.63) is 23.4 Å². The highest BCUT2D eigenvalue weighted by atomic mass is 32.2. The van der Waals surface area contributed by atoms with Crippen molar-refractivity contribution in [1.29, 1.82) is 0 Å². The molecule has 0 aliphatic carbocycles. The maximum absolute atomic E-state index is 12.6. The first kappa shape index (κ1) is 14.2. The van der Waals surface area contributed by atoms with Crippen LogP contribution < -0.4 is 5.32 Å². The molecule has 0 unspecified atom stereocenters. The van der Waals surface area contributed by atoms with Crippen molar-refractivity contribution in [2.75, 3.05) is 19.6 Å². The molecule has 0 saturated heterocycles. The zero-order valence-corrected chi connectivity index (χ0v) is 12.1. The highest BCUT2D eigenvalue weighted by molar-refractivity contribution is 7.89. The van der Waals surface area contributed by atoms with E-state index in [1.807, 2.05) is 13.8 Å². The minimum atomic E-state index is -3.48. The van der Waals surface area contributed by atoms with Crippen molar-refractivity contribution < 1.29 is 8.42 Å². The molecule has 19 heavy (non-hydrogen) atoms. The number of aromatic nitrogens is 2. The SMILES string of the molecule is CCNCc1cn[nH]c1S(=O)(=O)N1CCC=C(C)C1. The van der Waals surface area contributed by atoms with E-state index in [0.717, 1.165) is 18.5 Å². The van der Waals surface area contributed by atoms with Crippen LogP contribution in [-0.4, -0.2) is 42.6 Å². The van der Waals surface area contributed by atoms with E-state index in [9.17, 15) is 8.42 Å². The van der Waals surface area contributed by atoms with Gasteiger partial charge in [0.25, 0.3) is 10.0 Å². The molecule has 2 rings (SSSR count). The van der Waals surface area contributed by atoms with E-state index in [0.29, 0.717) is 25.2 Å². The van der Waals surface area contributed by atoms with Crippen LogP contribution in [0.3, 0.4) is 0 Å². The van der Waals surface area contributed by atoms with Gasteiger partial charge in [-0.05, 0) is 19.9 Å². The molecule has 0 atom stereocenters. The second-order valence-corrected chi connectivity index (χ2v) is 6.56. The third-order valence-electron chi connectivity index (χ3n) is 3.14. The second-order valence-electron chi connectivity index (χ2n) is 4.68. The summed E-state index contributed by atoms with van der Waals surface area (Å²) in [4.78, 5) is 0. The minimum absolute atomic E-state index is 0.211. The van der Waals surface area contributed by atoms with E-state index in [1.165, 1.54) is 4.31 Å². The predicted molar refractivity (Wildman–Crippen MR) is 73.1 cm³/mol. The Balaban J connectivity index is 2.24. The largest absolute Gasteiger partial charge is 0.313 e. The van der Waals surface area contributed by atoms with Gasteiger partial charge in [-0.2, -0.15) is 9.40 Å². The average Bonchev–Trinajstić information content (AvgIpc) is 2.85. The maximum atomic E-state index is 12.6. The Morgan fingerprint density at radius 3 is 3.00 bits per heavy atom. The van der Waals surface area contributed by atoms with Crippen LogP contribution >= 0.6 is 0 Å². The lowest BCUT2D eigenvalue weighted by Crippen LogP contribution is -2.36. The van der Waals surface area contributed by atoms with Crippen molar-refractivity contribution >= 4 is 10.0 Å². The normalized spacial score (nSPS) is 17.5. The van der Waals surface area contributed by atoms with Crippen LogP contribution in [0.4, 0.5) is 0 Å². The van der Waals surface area contributed by atoms with Gasteiger partial charge < -0.3 is 5.32 Å². The fourth-order valence-corrected chi connectivity index (χ4v) is 3.72. The molecule has 1 aliphatic rings. The summed E-state index contributed by atoms with van der Waals surface area (Å²) in [6.45, 7) is 6.21. The summed E-state index contributed by atoms with van der Waals surface area (Å²) < 4.78 is 26.7. The van der Waals surface area contributed by atoms with Gasteiger partial charge in [-0.15, -0.1) is 0 Å². The molecule has 0 saturated carbocycles.